The summed E-state index contributed by atoms with van der Waals surface area (Å²) in [5.41, 5.74) is 1.44. The molecule has 0 N–H and O–H groups in total. The molecular formula is C20H15ClO3. The van der Waals surface area contributed by atoms with Gasteiger partial charge < -0.3 is 9.47 Å². The molecule has 0 aliphatic rings. The molecule has 0 aliphatic heterocycles. The molecule has 0 atom stereocenters. The van der Waals surface area contributed by atoms with Gasteiger partial charge in [0.1, 0.15) is 18.1 Å². The zero-order valence-corrected chi connectivity index (χ0v) is 13.6. The van der Waals surface area contributed by atoms with Gasteiger partial charge in [0, 0.05) is 5.02 Å². The molecule has 3 nitrogen and oxygen atoms in total. The van der Waals surface area contributed by atoms with Gasteiger partial charge >= 0.3 is 5.97 Å². The Hall–Kier alpha value is -2.78. The lowest BCUT2D eigenvalue weighted by Gasteiger charge is -2.07. The van der Waals surface area contributed by atoms with E-state index in [4.69, 9.17) is 21.1 Å². The van der Waals surface area contributed by atoms with Gasteiger partial charge in [0.25, 0.3) is 0 Å². The number of carbonyl (C=O) groups excluding carboxylic acids is 1. The molecule has 0 bridgehead atoms. The standard InChI is InChI=1S/C20H15ClO3/c21-17-5-4-8-19(13-17)24-20(22)16-11-9-15(10-12-16)14-23-18-6-2-1-3-7-18/h1-13H,14H2. The monoisotopic (exact) mass is 338 g/mol. The number of para-hydroxylation sites is 1. The quantitative estimate of drug-likeness (QED) is 0.477. The smallest absolute Gasteiger partial charge is 0.343 e. The van der Waals surface area contributed by atoms with E-state index in [-0.39, 0.29) is 0 Å². The van der Waals surface area contributed by atoms with Crippen molar-refractivity contribution in [2.24, 2.45) is 0 Å². The first-order chi connectivity index (χ1) is 11.7. The number of rotatable bonds is 5. The highest BCUT2D eigenvalue weighted by Crippen LogP contribution is 2.19. The second kappa shape index (κ2) is 7.66. The second-order valence-electron chi connectivity index (χ2n) is 5.15. The number of benzene rings is 3. The summed E-state index contributed by atoms with van der Waals surface area (Å²) < 4.78 is 11.0. The topological polar surface area (TPSA) is 35.5 Å². The first-order valence-corrected chi connectivity index (χ1v) is 7.83. The fourth-order valence-electron chi connectivity index (χ4n) is 2.12. The van der Waals surface area contributed by atoms with Crippen molar-refractivity contribution in [1.82, 2.24) is 0 Å². The number of ether oxygens (including phenoxy) is 2. The lowest BCUT2D eigenvalue weighted by molar-refractivity contribution is 0.0734. The van der Waals surface area contributed by atoms with E-state index in [1.165, 1.54) is 0 Å². The summed E-state index contributed by atoms with van der Waals surface area (Å²) in [6.07, 6.45) is 0. The summed E-state index contributed by atoms with van der Waals surface area (Å²) in [7, 11) is 0. The highest BCUT2D eigenvalue weighted by molar-refractivity contribution is 6.30. The van der Waals surface area contributed by atoms with Crippen LogP contribution in [0.2, 0.25) is 5.02 Å². The van der Waals surface area contributed by atoms with Crippen molar-refractivity contribution < 1.29 is 14.3 Å². The first kappa shape index (κ1) is 16.1. The SMILES string of the molecule is O=C(Oc1cccc(Cl)c1)c1ccc(COc2ccccc2)cc1. The number of esters is 1. The fraction of sp³-hybridized carbons (Fsp3) is 0.0500. The first-order valence-electron chi connectivity index (χ1n) is 7.45. The van der Waals surface area contributed by atoms with Crippen molar-refractivity contribution in [2.75, 3.05) is 0 Å². The van der Waals surface area contributed by atoms with E-state index in [1.807, 2.05) is 42.5 Å². The minimum absolute atomic E-state index is 0.420. The molecule has 120 valence electrons. The average molecular weight is 339 g/mol. The number of halogens is 1. The van der Waals surface area contributed by atoms with Crippen molar-refractivity contribution in [2.45, 2.75) is 6.61 Å². The molecule has 3 rings (SSSR count). The van der Waals surface area contributed by atoms with Gasteiger partial charge in [-0.1, -0.05) is 48.0 Å². The normalized spacial score (nSPS) is 10.2. The van der Waals surface area contributed by atoms with Gasteiger partial charge in [0.2, 0.25) is 0 Å². The maximum Gasteiger partial charge on any atom is 0.343 e. The average Bonchev–Trinajstić information content (AvgIpc) is 2.61. The summed E-state index contributed by atoms with van der Waals surface area (Å²) in [6, 6.07) is 23.4. The van der Waals surface area contributed by atoms with Gasteiger partial charge in [-0.25, -0.2) is 4.79 Å². The van der Waals surface area contributed by atoms with Crippen LogP contribution < -0.4 is 9.47 Å². The Morgan fingerprint density at radius 2 is 1.54 bits per heavy atom. The van der Waals surface area contributed by atoms with Crippen molar-refractivity contribution >= 4 is 17.6 Å². The number of hydrogen-bond donors (Lipinski definition) is 0. The van der Waals surface area contributed by atoms with E-state index < -0.39 is 5.97 Å². The predicted octanol–water partition coefficient (Wildman–Crippen LogP) is 5.14. The Morgan fingerprint density at radius 1 is 0.833 bits per heavy atom. The Balaban J connectivity index is 1.60. The maximum absolute atomic E-state index is 12.1. The Morgan fingerprint density at radius 3 is 2.25 bits per heavy atom. The third-order valence-electron chi connectivity index (χ3n) is 3.34. The van der Waals surface area contributed by atoms with E-state index in [0.717, 1.165) is 11.3 Å². The van der Waals surface area contributed by atoms with Gasteiger partial charge in [-0.2, -0.15) is 0 Å². The summed E-state index contributed by atoms with van der Waals surface area (Å²) in [5, 5.41) is 0.522. The van der Waals surface area contributed by atoms with Gasteiger partial charge in [-0.05, 0) is 48.0 Å². The molecule has 0 amide bonds. The van der Waals surface area contributed by atoms with Gasteiger partial charge in [0.15, 0.2) is 0 Å². The van der Waals surface area contributed by atoms with Crippen molar-refractivity contribution in [3.05, 3.63) is 95.0 Å². The second-order valence-corrected chi connectivity index (χ2v) is 5.58. The fourth-order valence-corrected chi connectivity index (χ4v) is 2.30. The van der Waals surface area contributed by atoms with Crippen molar-refractivity contribution in [1.29, 1.82) is 0 Å². The van der Waals surface area contributed by atoms with Gasteiger partial charge in [-0.15, -0.1) is 0 Å². The zero-order valence-electron chi connectivity index (χ0n) is 12.8. The Bertz CT molecular complexity index is 814. The highest BCUT2D eigenvalue weighted by Gasteiger charge is 2.09. The van der Waals surface area contributed by atoms with Crippen molar-refractivity contribution in [3.8, 4) is 11.5 Å². The molecule has 0 aliphatic carbocycles. The molecule has 3 aromatic carbocycles. The maximum atomic E-state index is 12.1. The summed E-state index contributed by atoms with van der Waals surface area (Å²) in [6.45, 7) is 0.438. The van der Waals surface area contributed by atoms with E-state index in [0.29, 0.717) is 22.9 Å². The van der Waals surface area contributed by atoms with Crippen LogP contribution in [0.25, 0.3) is 0 Å². The largest absolute Gasteiger partial charge is 0.489 e. The van der Waals surface area contributed by atoms with Crippen LogP contribution in [-0.2, 0) is 6.61 Å². The molecular weight excluding hydrogens is 324 g/mol. The lowest BCUT2D eigenvalue weighted by atomic mass is 10.1. The van der Waals surface area contributed by atoms with Crippen LogP contribution in [-0.4, -0.2) is 5.97 Å². The molecule has 3 aromatic rings. The van der Waals surface area contributed by atoms with Crippen LogP contribution in [0.3, 0.4) is 0 Å². The van der Waals surface area contributed by atoms with Crippen LogP contribution in [0, 0.1) is 0 Å². The lowest BCUT2D eigenvalue weighted by Crippen LogP contribution is -2.08. The van der Waals surface area contributed by atoms with Crippen LogP contribution >= 0.6 is 11.6 Å². The number of carbonyl (C=O) groups is 1. The Labute approximate surface area is 145 Å². The molecule has 0 unspecified atom stereocenters. The van der Waals surface area contributed by atoms with Crippen LogP contribution in [0.4, 0.5) is 0 Å². The molecule has 4 heteroatoms. The highest BCUT2D eigenvalue weighted by atomic mass is 35.5. The molecule has 0 saturated carbocycles. The van der Waals surface area contributed by atoms with E-state index in [1.54, 1.807) is 36.4 Å². The summed E-state index contributed by atoms with van der Waals surface area (Å²) >= 11 is 5.88. The molecule has 0 heterocycles. The summed E-state index contributed by atoms with van der Waals surface area (Å²) in [4.78, 5) is 12.1. The minimum Gasteiger partial charge on any atom is -0.489 e. The van der Waals surface area contributed by atoms with E-state index in [9.17, 15) is 4.79 Å². The van der Waals surface area contributed by atoms with Crippen LogP contribution in [0.5, 0.6) is 11.5 Å². The van der Waals surface area contributed by atoms with E-state index in [2.05, 4.69) is 0 Å². The molecule has 0 fully saturated rings. The molecule has 0 radical (unpaired) electrons. The van der Waals surface area contributed by atoms with Crippen LogP contribution in [0.1, 0.15) is 15.9 Å². The van der Waals surface area contributed by atoms with E-state index >= 15 is 0 Å². The van der Waals surface area contributed by atoms with Crippen molar-refractivity contribution in [3.63, 3.8) is 0 Å². The summed E-state index contributed by atoms with van der Waals surface area (Å²) in [5.74, 6) is 0.804. The zero-order chi connectivity index (χ0) is 16.8. The molecule has 0 aromatic heterocycles. The van der Waals surface area contributed by atoms with Gasteiger partial charge in [-0.3, -0.25) is 0 Å². The Kier molecular flexibility index (Phi) is 5.14. The third-order valence-corrected chi connectivity index (χ3v) is 3.58. The minimum atomic E-state index is -0.423. The number of hydrogen-bond acceptors (Lipinski definition) is 3. The predicted molar refractivity (Wildman–Crippen MR) is 93.6 cm³/mol. The molecule has 24 heavy (non-hydrogen) atoms. The molecule has 0 spiro atoms. The molecule has 0 saturated heterocycles. The van der Waals surface area contributed by atoms with Crippen LogP contribution in [0.15, 0.2) is 78.9 Å². The third kappa shape index (κ3) is 4.37. The van der Waals surface area contributed by atoms with Gasteiger partial charge in [0.05, 0.1) is 5.56 Å².